The van der Waals surface area contributed by atoms with Gasteiger partial charge >= 0.3 is 0 Å². The third kappa shape index (κ3) is 3.42. The lowest BCUT2D eigenvalue weighted by Gasteiger charge is -2.22. The Balaban J connectivity index is 2.87. The standard InChI is InChI=1S/C9H18N4O3S/c1-9(2,16-4)6-11-17(14,15)7-5-13(3)12-8(7)10/h5,11H,6H2,1-4H3,(H2,10,12). The molecular weight excluding hydrogens is 244 g/mol. The van der Waals surface area contributed by atoms with Gasteiger partial charge in [0.05, 0.1) is 5.60 Å². The Kier molecular flexibility index (Phi) is 3.80. The number of hydrogen-bond acceptors (Lipinski definition) is 5. The normalized spacial score (nSPS) is 12.9. The summed E-state index contributed by atoms with van der Waals surface area (Å²) in [5, 5.41) is 3.79. The van der Waals surface area contributed by atoms with Crippen molar-refractivity contribution in [2.75, 3.05) is 19.4 Å². The van der Waals surface area contributed by atoms with Gasteiger partial charge in [0, 0.05) is 26.9 Å². The maximum atomic E-state index is 11.9. The highest BCUT2D eigenvalue weighted by Gasteiger charge is 2.24. The van der Waals surface area contributed by atoms with Crippen LogP contribution in [0.3, 0.4) is 0 Å². The Morgan fingerprint density at radius 1 is 1.59 bits per heavy atom. The first-order valence-electron chi connectivity index (χ1n) is 5.02. The molecule has 0 aliphatic rings. The van der Waals surface area contributed by atoms with E-state index in [-0.39, 0.29) is 17.3 Å². The van der Waals surface area contributed by atoms with Gasteiger partial charge < -0.3 is 10.5 Å². The molecule has 0 atom stereocenters. The Labute approximate surface area is 101 Å². The quantitative estimate of drug-likeness (QED) is 0.759. The van der Waals surface area contributed by atoms with Crippen LogP contribution in [0, 0.1) is 0 Å². The van der Waals surface area contributed by atoms with Crippen LogP contribution in [0.1, 0.15) is 13.8 Å². The lowest BCUT2D eigenvalue weighted by atomic mass is 10.1. The maximum Gasteiger partial charge on any atom is 0.245 e. The number of sulfonamides is 1. The largest absolute Gasteiger partial charge is 0.381 e. The van der Waals surface area contributed by atoms with E-state index in [1.165, 1.54) is 18.0 Å². The summed E-state index contributed by atoms with van der Waals surface area (Å²) in [7, 11) is -0.526. The van der Waals surface area contributed by atoms with Gasteiger partial charge in [-0.25, -0.2) is 13.1 Å². The number of ether oxygens (including phenoxy) is 1. The molecule has 0 saturated carbocycles. The Morgan fingerprint density at radius 3 is 2.59 bits per heavy atom. The maximum absolute atomic E-state index is 11.9. The van der Waals surface area contributed by atoms with Crippen LogP contribution in [0.2, 0.25) is 0 Å². The molecule has 0 aliphatic heterocycles. The Bertz CT molecular complexity index is 492. The predicted octanol–water partition coefficient (Wildman–Crippen LogP) is -0.294. The number of hydrogen-bond donors (Lipinski definition) is 2. The molecule has 0 aromatic carbocycles. The molecule has 0 spiro atoms. The average molecular weight is 262 g/mol. The minimum absolute atomic E-state index is 0.0183. The van der Waals surface area contributed by atoms with Crippen LogP contribution in [0.4, 0.5) is 5.82 Å². The van der Waals surface area contributed by atoms with E-state index in [1.807, 2.05) is 0 Å². The summed E-state index contributed by atoms with van der Waals surface area (Å²) in [6.45, 7) is 3.71. The zero-order chi connectivity index (χ0) is 13.3. The molecule has 1 rings (SSSR count). The van der Waals surface area contributed by atoms with Crippen LogP contribution in [0.15, 0.2) is 11.1 Å². The number of methoxy groups -OCH3 is 1. The molecule has 0 unspecified atom stereocenters. The SMILES string of the molecule is COC(C)(C)CNS(=O)(=O)c1cn(C)nc1N. The summed E-state index contributed by atoms with van der Waals surface area (Å²) in [4.78, 5) is -0.0214. The zero-order valence-corrected chi connectivity index (χ0v) is 11.2. The number of nitrogen functional groups attached to an aromatic ring is 1. The first-order chi connectivity index (χ1) is 7.68. The molecule has 0 aliphatic carbocycles. The summed E-state index contributed by atoms with van der Waals surface area (Å²) in [5.41, 5.74) is 4.94. The van der Waals surface area contributed by atoms with Crippen molar-refractivity contribution in [1.29, 1.82) is 0 Å². The smallest absolute Gasteiger partial charge is 0.245 e. The van der Waals surface area contributed by atoms with Crippen molar-refractivity contribution in [2.45, 2.75) is 24.3 Å². The number of rotatable bonds is 5. The van der Waals surface area contributed by atoms with Gasteiger partial charge in [0.2, 0.25) is 10.0 Å². The monoisotopic (exact) mass is 262 g/mol. The topological polar surface area (TPSA) is 99.2 Å². The highest BCUT2D eigenvalue weighted by atomic mass is 32.2. The third-order valence-corrected chi connectivity index (χ3v) is 3.77. The molecule has 1 heterocycles. The fraction of sp³-hybridized carbons (Fsp3) is 0.667. The lowest BCUT2D eigenvalue weighted by molar-refractivity contribution is 0.0276. The molecule has 0 fully saturated rings. The zero-order valence-electron chi connectivity index (χ0n) is 10.4. The summed E-state index contributed by atoms with van der Waals surface area (Å²) in [6.07, 6.45) is 1.36. The molecule has 7 nitrogen and oxygen atoms in total. The second-order valence-corrected chi connectivity index (χ2v) is 6.08. The van der Waals surface area contributed by atoms with E-state index in [4.69, 9.17) is 10.5 Å². The van der Waals surface area contributed by atoms with E-state index in [0.717, 1.165) is 0 Å². The second-order valence-electron chi connectivity index (χ2n) is 4.34. The van der Waals surface area contributed by atoms with Crippen LogP contribution >= 0.6 is 0 Å². The highest BCUT2D eigenvalue weighted by molar-refractivity contribution is 7.89. The predicted molar refractivity (Wildman–Crippen MR) is 63.9 cm³/mol. The molecule has 0 bridgehead atoms. The van der Waals surface area contributed by atoms with Crippen molar-refractivity contribution in [3.05, 3.63) is 6.20 Å². The molecule has 1 aromatic rings. The fourth-order valence-electron chi connectivity index (χ4n) is 1.11. The summed E-state index contributed by atoms with van der Waals surface area (Å²) in [6, 6.07) is 0. The number of aryl methyl sites for hydroxylation is 1. The Morgan fingerprint density at radius 2 is 2.18 bits per heavy atom. The van der Waals surface area contributed by atoms with Crippen LogP contribution < -0.4 is 10.5 Å². The molecule has 17 heavy (non-hydrogen) atoms. The number of nitrogens with zero attached hydrogens (tertiary/aromatic N) is 2. The van der Waals surface area contributed by atoms with E-state index in [9.17, 15) is 8.42 Å². The minimum atomic E-state index is -3.65. The summed E-state index contributed by atoms with van der Waals surface area (Å²) >= 11 is 0. The van der Waals surface area contributed by atoms with Gasteiger partial charge in [-0.05, 0) is 13.8 Å². The average Bonchev–Trinajstić information content (AvgIpc) is 2.56. The van der Waals surface area contributed by atoms with Crippen LogP contribution in [-0.2, 0) is 21.8 Å². The first kappa shape index (κ1) is 13.9. The minimum Gasteiger partial charge on any atom is -0.381 e. The second kappa shape index (κ2) is 4.63. The van der Waals surface area contributed by atoms with E-state index in [2.05, 4.69) is 9.82 Å². The number of nitrogens with one attached hydrogen (secondary N) is 1. The molecule has 8 heteroatoms. The van der Waals surface area contributed by atoms with Crippen molar-refractivity contribution >= 4 is 15.8 Å². The van der Waals surface area contributed by atoms with Gasteiger partial charge in [-0.3, -0.25) is 4.68 Å². The molecule has 0 saturated heterocycles. The molecule has 3 N–H and O–H groups in total. The van der Waals surface area contributed by atoms with Crippen molar-refractivity contribution < 1.29 is 13.2 Å². The van der Waals surface area contributed by atoms with Gasteiger partial charge in [-0.15, -0.1) is 0 Å². The van der Waals surface area contributed by atoms with Gasteiger partial charge in [0.25, 0.3) is 0 Å². The van der Waals surface area contributed by atoms with Crippen LogP contribution in [0.5, 0.6) is 0 Å². The van der Waals surface area contributed by atoms with Crippen LogP contribution in [0.25, 0.3) is 0 Å². The number of anilines is 1. The van der Waals surface area contributed by atoms with Gasteiger partial charge in [-0.2, -0.15) is 5.10 Å². The summed E-state index contributed by atoms with van der Waals surface area (Å²) in [5.74, 6) is -0.0183. The van der Waals surface area contributed by atoms with Crippen molar-refractivity contribution in [3.8, 4) is 0 Å². The van der Waals surface area contributed by atoms with Gasteiger partial charge in [0.1, 0.15) is 4.90 Å². The molecule has 98 valence electrons. The summed E-state index contributed by atoms with van der Waals surface area (Å²) < 4.78 is 32.8. The molecule has 0 radical (unpaired) electrons. The van der Waals surface area contributed by atoms with Gasteiger partial charge in [-0.1, -0.05) is 0 Å². The first-order valence-corrected chi connectivity index (χ1v) is 6.50. The molecular formula is C9H18N4O3S. The fourth-order valence-corrected chi connectivity index (χ4v) is 2.41. The van der Waals surface area contributed by atoms with Crippen molar-refractivity contribution in [2.24, 2.45) is 7.05 Å². The third-order valence-electron chi connectivity index (χ3n) is 2.35. The van der Waals surface area contributed by atoms with Crippen molar-refractivity contribution in [1.82, 2.24) is 14.5 Å². The number of nitrogens with two attached hydrogens (primary N) is 1. The van der Waals surface area contributed by atoms with E-state index in [1.54, 1.807) is 20.9 Å². The molecule has 1 aromatic heterocycles. The van der Waals surface area contributed by atoms with Crippen LogP contribution in [-0.4, -0.2) is 37.5 Å². The highest BCUT2D eigenvalue weighted by Crippen LogP contribution is 2.16. The van der Waals surface area contributed by atoms with Gasteiger partial charge in [0.15, 0.2) is 5.82 Å². The lowest BCUT2D eigenvalue weighted by Crippen LogP contribution is -2.39. The molecule has 0 amide bonds. The Hall–Kier alpha value is -1.12. The number of aromatic nitrogens is 2. The van der Waals surface area contributed by atoms with Crippen molar-refractivity contribution in [3.63, 3.8) is 0 Å². The van der Waals surface area contributed by atoms with E-state index in [0.29, 0.717) is 0 Å². The van der Waals surface area contributed by atoms with E-state index >= 15 is 0 Å². The van der Waals surface area contributed by atoms with E-state index < -0.39 is 15.6 Å².